The normalized spacial score (nSPS) is 17.8. The van der Waals surface area contributed by atoms with Crippen molar-refractivity contribution in [1.29, 1.82) is 0 Å². The molecule has 1 aromatic heterocycles. The van der Waals surface area contributed by atoms with Crippen LogP contribution in [0.2, 0.25) is 0 Å². The van der Waals surface area contributed by atoms with Crippen molar-refractivity contribution in [1.82, 2.24) is 25.2 Å². The zero-order chi connectivity index (χ0) is 12.6. The largest absolute Gasteiger partial charge is 0.311 e. The number of nitrogens with one attached hydrogen (secondary N) is 1. The number of rotatable bonds is 6. The Kier molecular flexibility index (Phi) is 5.61. The van der Waals surface area contributed by atoms with E-state index in [1.807, 2.05) is 4.68 Å². The lowest BCUT2D eigenvalue weighted by Crippen LogP contribution is -2.28. The summed E-state index contributed by atoms with van der Waals surface area (Å²) in [6.45, 7) is 8.45. The van der Waals surface area contributed by atoms with Crippen LogP contribution in [0.1, 0.15) is 38.3 Å². The highest BCUT2D eigenvalue weighted by Gasteiger charge is 2.09. The molecule has 0 unspecified atom stereocenters. The Morgan fingerprint density at radius 2 is 1.94 bits per heavy atom. The summed E-state index contributed by atoms with van der Waals surface area (Å²) in [5.74, 6) is 0. The Bertz CT molecular complexity index is 328. The second-order valence-corrected chi connectivity index (χ2v) is 5.01. The molecule has 5 heteroatoms. The molecule has 1 saturated heterocycles. The van der Waals surface area contributed by atoms with Crippen LogP contribution in [0.25, 0.3) is 0 Å². The van der Waals surface area contributed by atoms with Crippen LogP contribution in [-0.2, 0) is 13.1 Å². The first-order chi connectivity index (χ1) is 8.88. The first-order valence-corrected chi connectivity index (χ1v) is 7.20. The van der Waals surface area contributed by atoms with E-state index in [1.165, 1.54) is 38.8 Å². The highest BCUT2D eigenvalue weighted by molar-refractivity contribution is 4.91. The Balaban J connectivity index is 1.73. The second-order valence-electron chi connectivity index (χ2n) is 5.01. The quantitative estimate of drug-likeness (QED) is 0.827. The fourth-order valence-electron chi connectivity index (χ4n) is 2.39. The summed E-state index contributed by atoms with van der Waals surface area (Å²) < 4.78 is 1.97. The van der Waals surface area contributed by atoms with Gasteiger partial charge in [0, 0.05) is 19.3 Å². The van der Waals surface area contributed by atoms with Crippen molar-refractivity contribution in [3.63, 3.8) is 0 Å². The summed E-state index contributed by atoms with van der Waals surface area (Å²) in [6.07, 6.45) is 7.55. The molecule has 2 heterocycles. The van der Waals surface area contributed by atoms with Crippen LogP contribution in [0, 0.1) is 0 Å². The van der Waals surface area contributed by atoms with Crippen LogP contribution in [0.15, 0.2) is 6.20 Å². The average Bonchev–Trinajstić information content (AvgIpc) is 2.68. The molecule has 2 rings (SSSR count). The maximum atomic E-state index is 4.18. The van der Waals surface area contributed by atoms with Crippen molar-refractivity contribution in [2.24, 2.45) is 0 Å². The summed E-state index contributed by atoms with van der Waals surface area (Å²) in [5, 5.41) is 11.6. The molecule has 5 nitrogen and oxygen atoms in total. The van der Waals surface area contributed by atoms with Gasteiger partial charge in [-0.25, -0.2) is 0 Å². The molecular formula is C13H25N5. The van der Waals surface area contributed by atoms with Crippen molar-refractivity contribution in [2.45, 2.75) is 45.7 Å². The van der Waals surface area contributed by atoms with E-state index in [0.29, 0.717) is 0 Å². The van der Waals surface area contributed by atoms with Crippen LogP contribution in [-0.4, -0.2) is 46.1 Å². The molecule has 0 aromatic carbocycles. The smallest absolute Gasteiger partial charge is 0.0964 e. The van der Waals surface area contributed by atoms with Crippen molar-refractivity contribution in [2.75, 3.05) is 26.2 Å². The number of hydrogen-bond donors (Lipinski definition) is 1. The highest BCUT2D eigenvalue weighted by atomic mass is 15.4. The number of nitrogens with zero attached hydrogens (tertiary/aromatic N) is 4. The summed E-state index contributed by atoms with van der Waals surface area (Å²) in [5.41, 5.74) is 1.03. The summed E-state index contributed by atoms with van der Waals surface area (Å²) in [7, 11) is 0. The van der Waals surface area contributed by atoms with Crippen molar-refractivity contribution in [3.8, 4) is 0 Å². The standard InChI is InChI=1S/C13H25N5/c1-2-14-11-13-12-18(16-15-13)10-9-17-7-5-3-4-6-8-17/h12,14H,2-11H2,1H3. The molecule has 0 atom stereocenters. The van der Waals surface area contributed by atoms with Gasteiger partial charge in [0.1, 0.15) is 0 Å². The van der Waals surface area contributed by atoms with Crippen LogP contribution >= 0.6 is 0 Å². The van der Waals surface area contributed by atoms with E-state index in [9.17, 15) is 0 Å². The molecule has 0 spiro atoms. The van der Waals surface area contributed by atoms with Gasteiger partial charge >= 0.3 is 0 Å². The Morgan fingerprint density at radius 3 is 2.67 bits per heavy atom. The molecular weight excluding hydrogens is 226 g/mol. The molecule has 1 N–H and O–H groups in total. The third-order valence-electron chi connectivity index (χ3n) is 3.49. The van der Waals surface area contributed by atoms with Gasteiger partial charge in [-0.05, 0) is 32.5 Å². The predicted octanol–water partition coefficient (Wildman–Crippen LogP) is 1.26. The second kappa shape index (κ2) is 7.48. The minimum absolute atomic E-state index is 0.820. The van der Waals surface area contributed by atoms with Gasteiger partial charge in [0.2, 0.25) is 0 Å². The van der Waals surface area contributed by atoms with Gasteiger partial charge in [-0.1, -0.05) is 25.0 Å². The molecule has 0 amide bonds. The van der Waals surface area contributed by atoms with Gasteiger partial charge in [0.25, 0.3) is 0 Å². The fraction of sp³-hybridized carbons (Fsp3) is 0.846. The Labute approximate surface area is 110 Å². The van der Waals surface area contributed by atoms with Gasteiger partial charge in [-0.3, -0.25) is 4.68 Å². The monoisotopic (exact) mass is 251 g/mol. The summed E-state index contributed by atoms with van der Waals surface area (Å²) in [4.78, 5) is 2.55. The molecule has 0 radical (unpaired) electrons. The van der Waals surface area contributed by atoms with E-state index in [-0.39, 0.29) is 0 Å². The minimum Gasteiger partial charge on any atom is -0.311 e. The summed E-state index contributed by atoms with van der Waals surface area (Å²) in [6, 6.07) is 0. The van der Waals surface area contributed by atoms with Gasteiger partial charge < -0.3 is 10.2 Å². The average molecular weight is 251 g/mol. The van der Waals surface area contributed by atoms with Crippen molar-refractivity contribution < 1.29 is 0 Å². The van der Waals surface area contributed by atoms with Crippen LogP contribution in [0.3, 0.4) is 0 Å². The Morgan fingerprint density at radius 1 is 1.17 bits per heavy atom. The van der Waals surface area contributed by atoms with Gasteiger partial charge in [-0.2, -0.15) is 0 Å². The lowest BCUT2D eigenvalue weighted by Gasteiger charge is -2.19. The Hall–Kier alpha value is -0.940. The molecule has 0 bridgehead atoms. The molecule has 1 fully saturated rings. The van der Waals surface area contributed by atoms with Gasteiger partial charge in [0.05, 0.1) is 12.2 Å². The molecule has 0 aliphatic carbocycles. The first kappa shape index (κ1) is 13.5. The van der Waals surface area contributed by atoms with E-state index in [4.69, 9.17) is 0 Å². The van der Waals surface area contributed by atoms with E-state index in [2.05, 4.69) is 33.6 Å². The number of hydrogen-bond acceptors (Lipinski definition) is 4. The van der Waals surface area contributed by atoms with Gasteiger partial charge in [-0.15, -0.1) is 5.10 Å². The zero-order valence-corrected chi connectivity index (χ0v) is 11.4. The van der Waals surface area contributed by atoms with E-state index < -0.39 is 0 Å². The highest BCUT2D eigenvalue weighted by Crippen LogP contribution is 2.09. The molecule has 0 saturated carbocycles. The van der Waals surface area contributed by atoms with Crippen LogP contribution < -0.4 is 5.32 Å². The maximum absolute atomic E-state index is 4.18. The molecule has 102 valence electrons. The fourth-order valence-corrected chi connectivity index (χ4v) is 2.39. The third kappa shape index (κ3) is 4.38. The topological polar surface area (TPSA) is 46.0 Å². The lowest BCUT2D eigenvalue weighted by molar-refractivity contribution is 0.267. The van der Waals surface area contributed by atoms with E-state index in [0.717, 1.165) is 31.9 Å². The molecule has 1 aliphatic rings. The molecule has 1 aliphatic heterocycles. The first-order valence-electron chi connectivity index (χ1n) is 7.20. The zero-order valence-electron chi connectivity index (χ0n) is 11.4. The predicted molar refractivity (Wildman–Crippen MR) is 72.3 cm³/mol. The minimum atomic E-state index is 0.820. The van der Waals surface area contributed by atoms with Gasteiger partial charge in [0.15, 0.2) is 0 Å². The van der Waals surface area contributed by atoms with E-state index >= 15 is 0 Å². The van der Waals surface area contributed by atoms with E-state index in [1.54, 1.807) is 0 Å². The van der Waals surface area contributed by atoms with Crippen LogP contribution in [0.5, 0.6) is 0 Å². The number of aromatic nitrogens is 3. The van der Waals surface area contributed by atoms with Crippen LogP contribution in [0.4, 0.5) is 0 Å². The number of likely N-dealkylation sites (tertiary alicyclic amines) is 1. The van der Waals surface area contributed by atoms with Crippen molar-refractivity contribution >= 4 is 0 Å². The maximum Gasteiger partial charge on any atom is 0.0964 e. The summed E-state index contributed by atoms with van der Waals surface area (Å²) >= 11 is 0. The molecule has 18 heavy (non-hydrogen) atoms. The van der Waals surface area contributed by atoms with Crippen molar-refractivity contribution in [3.05, 3.63) is 11.9 Å². The third-order valence-corrected chi connectivity index (χ3v) is 3.49. The molecule has 1 aromatic rings. The SMILES string of the molecule is CCNCc1cn(CCN2CCCCCC2)nn1. The lowest BCUT2D eigenvalue weighted by atomic mass is 10.2.